The molecule has 1 aliphatic heterocycles. The SMILES string of the molecule is CC(NC(=O)C1CCc2ccccc2C1)C1CCNCC1. The molecule has 1 saturated heterocycles. The molecule has 1 aromatic carbocycles. The Bertz CT molecular complexity index is 494. The lowest BCUT2D eigenvalue weighted by Crippen LogP contribution is -2.45. The smallest absolute Gasteiger partial charge is 0.223 e. The van der Waals surface area contributed by atoms with Crippen LogP contribution >= 0.6 is 0 Å². The molecule has 1 heterocycles. The Labute approximate surface area is 127 Å². The minimum Gasteiger partial charge on any atom is -0.353 e. The fourth-order valence-electron chi connectivity index (χ4n) is 3.73. The first-order valence-corrected chi connectivity index (χ1v) is 8.32. The van der Waals surface area contributed by atoms with Gasteiger partial charge in [0, 0.05) is 12.0 Å². The van der Waals surface area contributed by atoms with Gasteiger partial charge in [-0.2, -0.15) is 0 Å². The predicted molar refractivity (Wildman–Crippen MR) is 85.2 cm³/mol. The maximum absolute atomic E-state index is 12.5. The monoisotopic (exact) mass is 286 g/mol. The van der Waals surface area contributed by atoms with Crippen LogP contribution in [0, 0.1) is 11.8 Å². The largest absolute Gasteiger partial charge is 0.353 e. The van der Waals surface area contributed by atoms with E-state index in [1.807, 2.05) is 0 Å². The van der Waals surface area contributed by atoms with Crippen LogP contribution < -0.4 is 10.6 Å². The van der Waals surface area contributed by atoms with Crippen molar-refractivity contribution < 1.29 is 4.79 Å². The quantitative estimate of drug-likeness (QED) is 0.895. The number of aryl methyl sites for hydroxylation is 1. The van der Waals surface area contributed by atoms with Gasteiger partial charge in [0.05, 0.1) is 0 Å². The van der Waals surface area contributed by atoms with Crippen molar-refractivity contribution >= 4 is 5.91 Å². The second-order valence-electron chi connectivity index (χ2n) is 6.59. The summed E-state index contributed by atoms with van der Waals surface area (Å²) in [6.07, 6.45) is 5.28. The summed E-state index contributed by atoms with van der Waals surface area (Å²) < 4.78 is 0. The summed E-state index contributed by atoms with van der Waals surface area (Å²) in [5, 5.41) is 6.67. The molecule has 2 unspecified atom stereocenters. The van der Waals surface area contributed by atoms with Crippen molar-refractivity contribution in [3.63, 3.8) is 0 Å². The fraction of sp³-hybridized carbons (Fsp3) is 0.611. The lowest BCUT2D eigenvalue weighted by Gasteiger charge is -2.31. The van der Waals surface area contributed by atoms with E-state index in [2.05, 4.69) is 41.8 Å². The molecule has 0 bridgehead atoms. The van der Waals surface area contributed by atoms with E-state index in [9.17, 15) is 4.79 Å². The third kappa shape index (κ3) is 3.46. The number of carbonyl (C=O) groups is 1. The maximum atomic E-state index is 12.5. The second-order valence-corrected chi connectivity index (χ2v) is 6.59. The summed E-state index contributed by atoms with van der Waals surface area (Å²) in [6, 6.07) is 8.85. The topological polar surface area (TPSA) is 41.1 Å². The summed E-state index contributed by atoms with van der Waals surface area (Å²) in [7, 11) is 0. The highest BCUT2D eigenvalue weighted by molar-refractivity contribution is 5.79. The van der Waals surface area contributed by atoms with Gasteiger partial charge in [-0.25, -0.2) is 0 Å². The first-order chi connectivity index (χ1) is 10.2. The van der Waals surface area contributed by atoms with Crippen molar-refractivity contribution in [2.75, 3.05) is 13.1 Å². The van der Waals surface area contributed by atoms with Gasteiger partial charge in [0.1, 0.15) is 0 Å². The van der Waals surface area contributed by atoms with Crippen LogP contribution in [0.4, 0.5) is 0 Å². The first kappa shape index (κ1) is 14.6. The molecular formula is C18H26N2O. The van der Waals surface area contributed by atoms with Crippen LogP contribution in [0.25, 0.3) is 0 Å². The number of nitrogens with one attached hydrogen (secondary N) is 2. The summed E-state index contributed by atoms with van der Waals surface area (Å²) in [4.78, 5) is 12.5. The van der Waals surface area contributed by atoms with Crippen LogP contribution in [0.15, 0.2) is 24.3 Å². The molecule has 0 aromatic heterocycles. The van der Waals surface area contributed by atoms with Crippen LogP contribution in [-0.4, -0.2) is 25.0 Å². The predicted octanol–water partition coefficient (Wildman–Crippen LogP) is 2.30. The van der Waals surface area contributed by atoms with Crippen LogP contribution in [0.3, 0.4) is 0 Å². The zero-order valence-corrected chi connectivity index (χ0v) is 12.9. The number of piperidine rings is 1. The van der Waals surface area contributed by atoms with E-state index in [0.717, 1.165) is 32.4 Å². The zero-order valence-electron chi connectivity index (χ0n) is 12.9. The summed E-state index contributed by atoms with van der Waals surface area (Å²) >= 11 is 0. The molecule has 0 saturated carbocycles. The van der Waals surface area contributed by atoms with Gasteiger partial charge < -0.3 is 10.6 Å². The number of amides is 1. The molecule has 3 heteroatoms. The summed E-state index contributed by atoms with van der Waals surface area (Å²) in [6.45, 7) is 4.34. The van der Waals surface area contributed by atoms with Crippen molar-refractivity contribution in [2.45, 2.75) is 45.1 Å². The Morgan fingerprint density at radius 2 is 1.90 bits per heavy atom. The molecule has 114 valence electrons. The molecule has 21 heavy (non-hydrogen) atoms. The molecule has 1 amide bonds. The molecular weight excluding hydrogens is 260 g/mol. The Balaban J connectivity index is 1.56. The lowest BCUT2D eigenvalue weighted by atomic mass is 9.83. The van der Waals surface area contributed by atoms with Gasteiger partial charge in [0.25, 0.3) is 0 Å². The molecule has 2 atom stereocenters. The molecule has 3 rings (SSSR count). The second kappa shape index (κ2) is 6.61. The summed E-state index contributed by atoms with van der Waals surface area (Å²) in [5.41, 5.74) is 2.78. The number of hydrogen-bond donors (Lipinski definition) is 2. The third-order valence-corrected chi connectivity index (χ3v) is 5.18. The number of rotatable bonds is 3. The minimum atomic E-state index is 0.157. The highest BCUT2D eigenvalue weighted by atomic mass is 16.1. The van der Waals surface area contributed by atoms with E-state index in [0.29, 0.717) is 12.0 Å². The average Bonchev–Trinajstić information content (AvgIpc) is 2.55. The highest BCUT2D eigenvalue weighted by Crippen LogP contribution is 2.26. The van der Waals surface area contributed by atoms with E-state index in [1.165, 1.54) is 24.0 Å². The van der Waals surface area contributed by atoms with Gasteiger partial charge in [-0.1, -0.05) is 24.3 Å². The zero-order chi connectivity index (χ0) is 14.7. The normalized spacial score (nSPS) is 24.1. The molecule has 1 aromatic rings. The number of fused-ring (bicyclic) bond motifs is 1. The van der Waals surface area contributed by atoms with Crippen LogP contribution in [0.5, 0.6) is 0 Å². The Morgan fingerprint density at radius 1 is 1.19 bits per heavy atom. The van der Waals surface area contributed by atoms with Gasteiger partial charge in [-0.15, -0.1) is 0 Å². The Kier molecular flexibility index (Phi) is 4.59. The van der Waals surface area contributed by atoms with E-state index >= 15 is 0 Å². The fourth-order valence-corrected chi connectivity index (χ4v) is 3.73. The molecule has 1 fully saturated rings. The third-order valence-electron chi connectivity index (χ3n) is 5.18. The molecule has 0 radical (unpaired) electrons. The van der Waals surface area contributed by atoms with Gasteiger partial charge in [-0.3, -0.25) is 4.79 Å². The maximum Gasteiger partial charge on any atom is 0.223 e. The number of carbonyl (C=O) groups excluding carboxylic acids is 1. The van der Waals surface area contributed by atoms with Crippen molar-refractivity contribution in [1.82, 2.24) is 10.6 Å². The molecule has 3 nitrogen and oxygen atoms in total. The van der Waals surface area contributed by atoms with Gasteiger partial charge in [0.15, 0.2) is 0 Å². The van der Waals surface area contributed by atoms with E-state index in [-0.39, 0.29) is 11.8 Å². The van der Waals surface area contributed by atoms with E-state index < -0.39 is 0 Å². The Hall–Kier alpha value is -1.35. The van der Waals surface area contributed by atoms with Gasteiger partial charge in [-0.05, 0) is 69.2 Å². The van der Waals surface area contributed by atoms with E-state index in [1.54, 1.807) is 0 Å². The van der Waals surface area contributed by atoms with Gasteiger partial charge >= 0.3 is 0 Å². The number of hydrogen-bond acceptors (Lipinski definition) is 2. The minimum absolute atomic E-state index is 0.157. The summed E-state index contributed by atoms with van der Waals surface area (Å²) in [5.74, 6) is 1.05. The van der Waals surface area contributed by atoms with Gasteiger partial charge in [0.2, 0.25) is 5.91 Å². The van der Waals surface area contributed by atoms with E-state index in [4.69, 9.17) is 0 Å². The van der Waals surface area contributed by atoms with Crippen molar-refractivity contribution in [3.05, 3.63) is 35.4 Å². The van der Waals surface area contributed by atoms with Crippen LogP contribution in [0.2, 0.25) is 0 Å². The van der Waals surface area contributed by atoms with Crippen LogP contribution in [-0.2, 0) is 17.6 Å². The lowest BCUT2D eigenvalue weighted by molar-refractivity contribution is -0.126. The molecule has 2 aliphatic rings. The first-order valence-electron chi connectivity index (χ1n) is 8.32. The average molecular weight is 286 g/mol. The molecule has 1 aliphatic carbocycles. The van der Waals surface area contributed by atoms with Crippen molar-refractivity contribution in [2.24, 2.45) is 11.8 Å². The molecule has 0 spiro atoms. The van der Waals surface area contributed by atoms with Crippen molar-refractivity contribution in [3.8, 4) is 0 Å². The standard InChI is InChI=1S/C18H26N2O/c1-13(14-8-10-19-11-9-14)20-18(21)17-7-6-15-4-2-3-5-16(15)12-17/h2-5,13-14,17,19H,6-12H2,1H3,(H,20,21). The van der Waals surface area contributed by atoms with Crippen LogP contribution in [0.1, 0.15) is 37.3 Å². The number of benzene rings is 1. The molecule has 2 N–H and O–H groups in total. The van der Waals surface area contributed by atoms with Crippen molar-refractivity contribution in [1.29, 1.82) is 0 Å². The Morgan fingerprint density at radius 3 is 2.67 bits per heavy atom. The highest BCUT2D eigenvalue weighted by Gasteiger charge is 2.27.